The first-order valence-corrected chi connectivity index (χ1v) is 6.79. The summed E-state index contributed by atoms with van der Waals surface area (Å²) in [4.78, 5) is 12.6. The molecule has 1 aromatic carbocycles. The first kappa shape index (κ1) is 12.7. The number of carboxylic acid groups (broad SMARTS) is 1. The highest BCUT2D eigenvalue weighted by Crippen LogP contribution is 2.39. The van der Waals surface area contributed by atoms with Crippen LogP contribution >= 0.6 is 0 Å². The number of carboxylic acids is 1. The minimum Gasteiger partial charge on any atom is -0.495 e. The summed E-state index contributed by atoms with van der Waals surface area (Å²) in [6.45, 7) is -0.0922. The van der Waals surface area contributed by atoms with Crippen molar-refractivity contribution in [2.24, 2.45) is 0 Å². The van der Waals surface area contributed by atoms with Gasteiger partial charge in [-0.1, -0.05) is 6.07 Å². The maximum atomic E-state index is 12.2. The molecule has 0 spiro atoms. The zero-order valence-electron chi connectivity index (χ0n) is 9.95. The van der Waals surface area contributed by atoms with E-state index in [0.717, 1.165) is 0 Å². The van der Waals surface area contributed by atoms with E-state index in [9.17, 15) is 13.2 Å². The van der Waals surface area contributed by atoms with E-state index in [1.807, 2.05) is 0 Å². The van der Waals surface area contributed by atoms with E-state index in [1.54, 1.807) is 18.0 Å². The van der Waals surface area contributed by atoms with Gasteiger partial charge < -0.3 is 14.7 Å². The van der Waals surface area contributed by atoms with Crippen molar-refractivity contribution in [1.29, 1.82) is 0 Å². The van der Waals surface area contributed by atoms with E-state index < -0.39 is 21.1 Å². The van der Waals surface area contributed by atoms with Crippen molar-refractivity contribution >= 4 is 21.5 Å². The third-order valence-electron chi connectivity index (χ3n) is 2.96. The van der Waals surface area contributed by atoms with Crippen LogP contribution in [0.25, 0.3) is 0 Å². The monoisotopic (exact) mass is 271 g/mol. The molecule has 0 radical (unpaired) electrons. The molecular weight excluding hydrogens is 258 g/mol. The molecule has 0 bridgehead atoms. The molecule has 7 heteroatoms. The van der Waals surface area contributed by atoms with Gasteiger partial charge in [0, 0.05) is 13.6 Å². The van der Waals surface area contributed by atoms with E-state index in [4.69, 9.17) is 9.84 Å². The van der Waals surface area contributed by atoms with Crippen LogP contribution in [0.5, 0.6) is 5.75 Å². The number of nitrogens with zero attached hydrogens (tertiary/aromatic N) is 1. The van der Waals surface area contributed by atoms with E-state index in [2.05, 4.69) is 0 Å². The summed E-state index contributed by atoms with van der Waals surface area (Å²) < 4.78 is 29.5. The molecule has 0 saturated carbocycles. The van der Waals surface area contributed by atoms with Crippen LogP contribution in [0, 0.1) is 0 Å². The molecule has 98 valence electrons. The minimum absolute atomic E-state index is 0.00278. The number of ether oxygens (including phenoxy) is 1. The Morgan fingerprint density at radius 2 is 2.17 bits per heavy atom. The SMILES string of the molecule is COc1cccc2c1N(C)CC(C(=O)O)S2(=O)=O. The molecular formula is C11H13NO5S. The molecule has 0 fully saturated rings. The van der Waals surface area contributed by atoms with Crippen LogP contribution in [0.4, 0.5) is 5.69 Å². The number of anilines is 1. The maximum Gasteiger partial charge on any atom is 0.324 e. The number of carbonyl (C=O) groups is 1. The average molecular weight is 271 g/mol. The van der Waals surface area contributed by atoms with Gasteiger partial charge in [0.25, 0.3) is 0 Å². The molecule has 1 atom stereocenters. The van der Waals surface area contributed by atoms with Crippen molar-refractivity contribution in [2.75, 3.05) is 25.6 Å². The van der Waals surface area contributed by atoms with Crippen LogP contribution in [-0.4, -0.2) is 45.4 Å². The van der Waals surface area contributed by atoms with Gasteiger partial charge in [-0.3, -0.25) is 4.79 Å². The lowest BCUT2D eigenvalue weighted by molar-refractivity contribution is -0.136. The van der Waals surface area contributed by atoms with Gasteiger partial charge in [-0.05, 0) is 12.1 Å². The smallest absolute Gasteiger partial charge is 0.324 e. The Kier molecular flexibility index (Phi) is 2.94. The summed E-state index contributed by atoms with van der Waals surface area (Å²) in [5.74, 6) is -0.919. The summed E-state index contributed by atoms with van der Waals surface area (Å²) in [6, 6.07) is 4.58. The predicted molar refractivity (Wildman–Crippen MR) is 64.9 cm³/mol. The van der Waals surface area contributed by atoms with Gasteiger partial charge in [0.2, 0.25) is 0 Å². The van der Waals surface area contributed by atoms with Gasteiger partial charge >= 0.3 is 5.97 Å². The Morgan fingerprint density at radius 1 is 1.50 bits per heavy atom. The Morgan fingerprint density at radius 3 is 2.72 bits per heavy atom. The van der Waals surface area contributed by atoms with E-state index in [1.165, 1.54) is 19.2 Å². The van der Waals surface area contributed by atoms with Crippen molar-refractivity contribution < 1.29 is 23.1 Å². The van der Waals surface area contributed by atoms with Gasteiger partial charge in [0.1, 0.15) is 5.75 Å². The Bertz CT molecular complexity index is 595. The fourth-order valence-electron chi connectivity index (χ4n) is 2.07. The number of methoxy groups -OCH3 is 1. The molecule has 18 heavy (non-hydrogen) atoms. The second-order valence-electron chi connectivity index (χ2n) is 4.06. The molecule has 0 amide bonds. The predicted octanol–water partition coefficient (Wildman–Crippen LogP) is 0.372. The fraction of sp³-hybridized carbons (Fsp3) is 0.364. The van der Waals surface area contributed by atoms with E-state index >= 15 is 0 Å². The largest absolute Gasteiger partial charge is 0.495 e. The van der Waals surface area contributed by atoms with Crippen molar-refractivity contribution in [3.63, 3.8) is 0 Å². The lowest BCUT2D eigenvalue weighted by Crippen LogP contribution is -2.45. The topological polar surface area (TPSA) is 83.9 Å². The fourth-order valence-corrected chi connectivity index (χ4v) is 3.86. The lowest BCUT2D eigenvalue weighted by atomic mass is 10.2. The first-order chi connectivity index (χ1) is 8.39. The van der Waals surface area contributed by atoms with Crippen LogP contribution < -0.4 is 9.64 Å². The van der Waals surface area contributed by atoms with Gasteiger partial charge in [-0.25, -0.2) is 8.42 Å². The second kappa shape index (κ2) is 4.16. The summed E-state index contributed by atoms with van der Waals surface area (Å²) in [5.41, 5.74) is 0.414. The van der Waals surface area contributed by atoms with Gasteiger partial charge in [0.15, 0.2) is 15.1 Å². The standard InChI is InChI=1S/C11H13NO5S/c1-12-6-9(11(13)14)18(15,16)8-5-3-4-7(17-2)10(8)12/h3-5,9H,6H2,1-2H3,(H,13,14). The van der Waals surface area contributed by atoms with E-state index in [0.29, 0.717) is 11.4 Å². The molecule has 6 nitrogen and oxygen atoms in total. The number of aliphatic carboxylic acids is 1. The highest BCUT2D eigenvalue weighted by Gasteiger charge is 2.42. The highest BCUT2D eigenvalue weighted by molar-refractivity contribution is 7.93. The Labute approximate surface area is 105 Å². The number of rotatable bonds is 2. The van der Waals surface area contributed by atoms with Crippen LogP contribution in [0.1, 0.15) is 0 Å². The van der Waals surface area contributed by atoms with Crippen molar-refractivity contribution in [2.45, 2.75) is 10.1 Å². The Hall–Kier alpha value is -1.76. The number of benzene rings is 1. The summed E-state index contributed by atoms with van der Waals surface area (Å²) in [7, 11) is -0.780. The minimum atomic E-state index is -3.87. The first-order valence-electron chi connectivity index (χ1n) is 5.24. The van der Waals surface area contributed by atoms with Gasteiger partial charge in [-0.15, -0.1) is 0 Å². The van der Waals surface area contributed by atoms with Crippen molar-refractivity contribution in [1.82, 2.24) is 0 Å². The van der Waals surface area contributed by atoms with Gasteiger partial charge in [-0.2, -0.15) is 0 Å². The van der Waals surface area contributed by atoms with Crippen LogP contribution in [0.3, 0.4) is 0 Å². The van der Waals surface area contributed by atoms with Crippen molar-refractivity contribution in [3.05, 3.63) is 18.2 Å². The summed E-state index contributed by atoms with van der Waals surface area (Å²) >= 11 is 0. The number of hydrogen-bond donors (Lipinski definition) is 1. The van der Waals surface area contributed by atoms with Gasteiger partial charge in [0.05, 0.1) is 17.7 Å². The average Bonchev–Trinajstić information content (AvgIpc) is 2.32. The molecule has 0 aromatic heterocycles. The maximum absolute atomic E-state index is 12.2. The zero-order chi connectivity index (χ0) is 13.5. The Balaban J connectivity index is 2.71. The molecule has 1 unspecified atom stereocenters. The second-order valence-corrected chi connectivity index (χ2v) is 6.16. The summed E-state index contributed by atoms with van der Waals surface area (Å²) in [5, 5.41) is 7.56. The molecule has 1 N–H and O–H groups in total. The number of hydrogen-bond acceptors (Lipinski definition) is 5. The molecule has 2 rings (SSSR count). The number of para-hydroxylation sites is 1. The summed E-state index contributed by atoms with van der Waals surface area (Å²) in [6.07, 6.45) is 0. The number of fused-ring (bicyclic) bond motifs is 1. The third kappa shape index (κ3) is 1.71. The third-order valence-corrected chi connectivity index (χ3v) is 5.00. The molecule has 1 aliphatic heterocycles. The highest BCUT2D eigenvalue weighted by atomic mass is 32.2. The van der Waals surface area contributed by atoms with Crippen LogP contribution in [0.2, 0.25) is 0 Å². The zero-order valence-corrected chi connectivity index (χ0v) is 10.8. The lowest BCUT2D eigenvalue weighted by Gasteiger charge is -2.32. The van der Waals surface area contributed by atoms with Crippen molar-refractivity contribution in [3.8, 4) is 5.75 Å². The van der Waals surface area contributed by atoms with Crippen LogP contribution in [-0.2, 0) is 14.6 Å². The van der Waals surface area contributed by atoms with Crippen LogP contribution in [0.15, 0.2) is 23.1 Å². The molecule has 1 aromatic rings. The quantitative estimate of drug-likeness (QED) is 0.836. The molecule has 1 heterocycles. The number of sulfone groups is 1. The normalized spacial score (nSPS) is 21.2. The molecule has 0 saturated heterocycles. The molecule has 0 aliphatic carbocycles. The van der Waals surface area contributed by atoms with E-state index in [-0.39, 0.29) is 11.4 Å². The molecule has 1 aliphatic rings.